The van der Waals surface area contributed by atoms with Crippen LogP contribution in [-0.4, -0.2) is 11.8 Å². The van der Waals surface area contributed by atoms with Crippen LogP contribution in [0, 0.1) is 21.3 Å². The molecule has 4 aromatic rings. The highest BCUT2D eigenvalue weighted by atomic mass is 16.2. The van der Waals surface area contributed by atoms with Gasteiger partial charge in [0.2, 0.25) is 0 Å². The molecule has 0 aliphatic rings. The number of carbonyl (C=O) groups excluding carboxylic acids is 2. The van der Waals surface area contributed by atoms with E-state index >= 15 is 0 Å². The van der Waals surface area contributed by atoms with Gasteiger partial charge in [0, 0.05) is 36.0 Å². The van der Waals surface area contributed by atoms with Crippen LogP contribution in [0.2, 0.25) is 0 Å². The van der Waals surface area contributed by atoms with Crippen molar-refractivity contribution < 1.29 is 15.3 Å². The lowest BCUT2D eigenvalue weighted by molar-refractivity contribution is -0.254. The van der Waals surface area contributed by atoms with Crippen LogP contribution in [0.25, 0.3) is 0 Å². The van der Waals surface area contributed by atoms with E-state index in [2.05, 4.69) is 16.4 Å². The molecule has 6 heteroatoms. The molecule has 4 rings (SSSR count). The standard InChI is InChI=1S/2C15H16N2O.CH3/c2*1-11-7-8-13(16)9-14(11)15(18)17-10-12-5-3-2-4-6-12;/h2*2-9H,10,16H2,1H3,(H,17,18);1H3/q;;-1/p+1. The summed E-state index contributed by atoms with van der Waals surface area (Å²) >= 11 is 0. The Balaban J connectivity index is 0.000000253. The molecule has 0 radical (unpaired) electrons. The molecule has 4 aromatic carbocycles. The minimum absolute atomic E-state index is 0. The van der Waals surface area contributed by atoms with E-state index in [-0.39, 0.29) is 19.2 Å². The van der Waals surface area contributed by atoms with Crippen molar-refractivity contribution in [3.63, 3.8) is 0 Å². The van der Waals surface area contributed by atoms with Crippen molar-refractivity contribution >= 4 is 23.2 Å². The van der Waals surface area contributed by atoms with Gasteiger partial charge in [-0.1, -0.05) is 72.8 Å². The molecule has 2 amide bonds. The summed E-state index contributed by atoms with van der Waals surface area (Å²) in [5.74, 6) is -0.148. The molecule has 0 saturated carbocycles. The number of hydrogen-bond acceptors (Lipinski definition) is 3. The number of aryl methyl sites for hydroxylation is 2. The smallest absolute Gasteiger partial charge is 0.252 e. The van der Waals surface area contributed by atoms with Crippen LogP contribution in [0.3, 0.4) is 0 Å². The van der Waals surface area contributed by atoms with Gasteiger partial charge in [-0.05, 0) is 54.3 Å². The maximum absolute atomic E-state index is 12.1. The molecular weight excluding hydrogens is 460 g/mol. The zero-order valence-corrected chi connectivity index (χ0v) is 21.8. The molecule has 7 N–H and O–H groups in total. The van der Waals surface area contributed by atoms with Crippen molar-refractivity contribution in [3.8, 4) is 0 Å². The van der Waals surface area contributed by atoms with Gasteiger partial charge in [-0.15, -0.1) is 0 Å². The number of amides is 2. The Morgan fingerprint density at radius 1 is 0.676 bits per heavy atom. The minimum atomic E-state index is -0.0938. The fourth-order valence-electron chi connectivity index (χ4n) is 3.54. The molecular formula is C31H36N4O2. The second-order valence-electron chi connectivity index (χ2n) is 8.56. The van der Waals surface area contributed by atoms with Crippen LogP contribution in [-0.2, 0) is 13.1 Å². The number of nitrogens with two attached hydrogens (primary N) is 1. The zero-order valence-electron chi connectivity index (χ0n) is 21.8. The monoisotopic (exact) mass is 496 g/mol. The summed E-state index contributed by atoms with van der Waals surface area (Å²) in [5, 5.41) is 5.81. The molecule has 0 heterocycles. The maximum Gasteiger partial charge on any atom is 0.252 e. The highest BCUT2D eigenvalue weighted by molar-refractivity contribution is 5.96. The summed E-state index contributed by atoms with van der Waals surface area (Å²) in [5.41, 5.74) is 16.4. The van der Waals surface area contributed by atoms with Crippen molar-refractivity contribution in [2.45, 2.75) is 26.9 Å². The van der Waals surface area contributed by atoms with Crippen molar-refractivity contribution in [1.82, 2.24) is 10.6 Å². The Morgan fingerprint density at radius 2 is 1.11 bits per heavy atom. The summed E-state index contributed by atoms with van der Waals surface area (Å²) < 4.78 is 0. The number of rotatable bonds is 6. The fourth-order valence-corrected chi connectivity index (χ4v) is 3.54. The Hall–Kier alpha value is -4.42. The van der Waals surface area contributed by atoms with E-state index in [1.54, 1.807) is 12.1 Å². The third-order valence-corrected chi connectivity index (χ3v) is 5.64. The number of quaternary nitrogens is 1. The molecule has 0 unspecified atom stereocenters. The van der Waals surface area contributed by atoms with Crippen LogP contribution >= 0.6 is 0 Å². The van der Waals surface area contributed by atoms with Gasteiger partial charge in [-0.3, -0.25) is 9.59 Å². The maximum atomic E-state index is 12.1. The van der Waals surface area contributed by atoms with Crippen LogP contribution in [0.15, 0.2) is 97.1 Å². The van der Waals surface area contributed by atoms with Gasteiger partial charge in [0.15, 0.2) is 0 Å². The molecule has 0 aromatic heterocycles. The Bertz CT molecular complexity index is 1200. The van der Waals surface area contributed by atoms with Crippen molar-refractivity contribution in [1.29, 1.82) is 0 Å². The normalized spacial score (nSPS) is 9.81. The molecule has 6 nitrogen and oxygen atoms in total. The lowest BCUT2D eigenvalue weighted by atomic mass is 10.1. The van der Waals surface area contributed by atoms with Gasteiger partial charge >= 0.3 is 0 Å². The average molecular weight is 497 g/mol. The Kier molecular flexibility index (Phi) is 11.1. The van der Waals surface area contributed by atoms with E-state index in [1.165, 1.54) is 0 Å². The lowest BCUT2D eigenvalue weighted by Gasteiger charge is -2.08. The third-order valence-electron chi connectivity index (χ3n) is 5.64. The molecule has 0 spiro atoms. The van der Waals surface area contributed by atoms with Gasteiger partial charge in [0.25, 0.3) is 11.8 Å². The van der Waals surface area contributed by atoms with Crippen LogP contribution in [0.5, 0.6) is 0 Å². The van der Waals surface area contributed by atoms with Crippen LogP contribution in [0.1, 0.15) is 43.0 Å². The molecule has 0 aliphatic heterocycles. The van der Waals surface area contributed by atoms with Crippen LogP contribution < -0.4 is 22.1 Å². The first-order valence-corrected chi connectivity index (χ1v) is 11.8. The number of nitrogen functional groups attached to an aromatic ring is 1. The second-order valence-corrected chi connectivity index (χ2v) is 8.56. The topological polar surface area (TPSA) is 112 Å². The predicted molar refractivity (Wildman–Crippen MR) is 151 cm³/mol. The first-order valence-electron chi connectivity index (χ1n) is 11.8. The SMILES string of the molecule is Cc1ccc(N)cc1C(=O)NCc1ccccc1.Cc1ccc([NH3+])cc1C(=O)NCc1ccccc1.[CH3-]. The molecule has 0 fully saturated rings. The van der Waals surface area contributed by atoms with E-state index in [0.29, 0.717) is 29.9 Å². The number of benzene rings is 4. The summed E-state index contributed by atoms with van der Waals surface area (Å²) in [4.78, 5) is 24.1. The number of hydrogen-bond donors (Lipinski definition) is 4. The second kappa shape index (κ2) is 14.2. The molecule has 0 bridgehead atoms. The Morgan fingerprint density at radius 3 is 1.59 bits per heavy atom. The summed E-state index contributed by atoms with van der Waals surface area (Å²) in [6.45, 7) is 4.89. The van der Waals surface area contributed by atoms with E-state index in [4.69, 9.17) is 5.73 Å². The number of anilines is 1. The molecule has 0 aliphatic carbocycles. The quantitative estimate of drug-likeness (QED) is 0.228. The highest BCUT2D eigenvalue weighted by Gasteiger charge is 2.10. The molecule has 37 heavy (non-hydrogen) atoms. The predicted octanol–water partition coefficient (Wildman–Crippen LogP) is 4.76. The van der Waals surface area contributed by atoms with E-state index in [1.807, 2.05) is 98.8 Å². The summed E-state index contributed by atoms with van der Waals surface area (Å²) in [6.07, 6.45) is 0. The lowest BCUT2D eigenvalue weighted by Crippen LogP contribution is -2.40. The Labute approximate surface area is 219 Å². The summed E-state index contributed by atoms with van der Waals surface area (Å²) in [7, 11) is 0. The first-order chi connectivity index (χ1) is 17.3. The van der Waals surface area contributed by atoms with Gasteiger partial charge in [0.1, 0.15) is 5.69 Å². The fraction of sp³-hybridized carbons (Fsp3) is 0.129. The van der Waals surface area contributed by atoms with Gasteiger partial charge in [-0.2, -0.15) is 0 Å². The third kappa shape index (κ3) is 8.94. The highest BCUT2D eigenvalue weighted by Crippen LogP contribution is 2.13. The van der Waals surface area contributed by atoms with Crippen molar-refractivity contribution in [3.05, 3.63) is 138 Å². The first kappa shape index (κ1) is 28.8. The van der Waals surface area contributed by atoms with Gasteiger partial charge < -0.3 is 29.5 Å². The number of nitrogens with one attached hydrogen (secondary N) is 2. The van der Waals surface area contributed by atoms with Crippen molar-refractivity contribution in [2.75, 3.05) is 5.73 Å². The zero-order chi connectivity index (χ0) is 25.9. The minimum Gasteiger partial charge on any atom is -0.399 e. The summed E-state index contributed by atoms with van der Waals surface area (Å²) in [6, 6.07) is 30.7. The van der Waals surface area contributed by atoms with Crippen molar-refractivity contribution in [2.24, 2.45) is 0 Å². The van der Waals surface area contributed by atoms with E-state index in [9.17, 15) is 9.59 Å². The molecule has 192 valence electrons. The molecule has 0 atom stereocenters. The van der Waals surface area contributed by atoms with Gasteiger partial charge in [-0.25, -0.2) is 0 Å². The van der Waals surface area contributed by atoms with Crippen LogP contribution in [0.4, 0.5) is 11.4 Å². The average Bonchev–Trinajstić information content (AvgIpc) is 2.90. The molecule has 0 saturated heterocycles. The van der Waals surface area contributed by atoms with Gasteiger partial charge in [0.05, 0.1) is 0 Å². The van der Waals surface area contributed by atoms with E-state index in [0.717, 1.165) is 27.9 Å². The largest absolute Gasteiger partial charge is 0.399 e. The number of carbonyl (C=O) groups is 2. The van der Waals surface area contributed by atoms with E-state index < -0.39 is 0 Å².